The van der Waals surface area contributed by atoms with Gasteiger partial charge in [0.15, 0.2) is 0 Å². The Morgan fingerprint density at radius 3 is 2.14 bits per heavy atom. The van der Waals surface area contributed by atoms with Gasteiger partial charge in [-0.05, 0) is 6.42 Å². The summed E-state index contributed by atoms with van der Waals surface area (Å²) in [5.41, 5.74) is 4.91. The van der Waals surface area contributed by atoms with E-state index in [1.165, 1.54) is 0 Å². The first-order valence-corrected chi connectivity index (χ1v) is 5.26. The van der Waals surface area contributed by atoms with Crippen molar-refractivity contribution in [1.82, 2.24) is 10.5 Å². The zero-order valence-corrected chi connectivity index (χ0v) is 10.8. The number of nitrogens with zero attached hydrogens (tertiary/aromatic N) is 2. The number of carbonyl (C=O) groups excluding carboxylic acids is 1. The van der Waals surface area contributed by atoms with Crippen LogP contribution in [0.1, 0.15) is 6.42 Å². The standard InChI is InChI=1S/C8H11F6N3O5/c1-21-6(20)16(12)8(11,17(13)14)7(9,10)22-3-2-4(15)5(18)19/h4H,2-3,15H2,1H3,(H,18,19). The predicted octanol–water partition coefficient (Wildman–Crippen LogP) is 1.05. The van der Waals surface area contributed by atoms with Gasteiger partial charge in [-0.2, -0.15) is 13.2 Å². The fraction of sp³-hybridized carbons (Fsp3) is 0.750. The summed E-state index contributed by atoms with van der Waals surface area (Å²) in [5, 5.41) is 3.19. The van der Waals surface area contributed by atoms with Crippen LogP contribution in [0.2, 0.25) is 0 Å². The van der Waals surface area contributed by atoms with Crippen LogP contribution in [0.25, 0.3) is 0 Å². The second-order valence-corrected chi connectivity index (χ2v) is 3.67. The molecule has 0 aromatic heterocycles. The molecule has 0 aliphatic carbocycles. The number of amides is 1. The molecule has 22 heavy (non-hydrogen) atoms. The van der Waals surface area contributed by atoms with Crippen molar-refractivity contribution in [2.24, 2.45) is 5.73 Å². The normalized spacial score (nSPS) is 16.0. The lowest BCUT2D eigenvalue weighted by molar-refractivity contribution is -0.468. The molecule has 8 nitrogen and oxygen atoms in total. The number of methoxy groups -OCH3 is 1. The molecule has 0 saturated carbocycles. The summed E-state index contributed by atoms with van der Waals surface area (Å²) in [6.45, 7) is -1.32. The van der Waals surface area contributed by atoms with Crippen LogP contribution in [0.15, 0.2) is 0 Å². The molecule has 0 rings (SSSR count). The Balaban J connectivity index is 5.13. The maximum absolute atomic E-state index is 13.6. The molecule has 2 atom stereocenters. The summed E-state index contributed by atoms with van der Waals surface area (Å²) in [4.78, 5) is 20.9. The van der Waals surface area contributed by atoms with E-state index in [-0.39, 0.29) is 0 Å². The molecule has 2 unspecified atom stereocenters. The van der Waals surface area contributed by atoms with Gasteiger partial charge in [-0.1, -0.05) is 18.6 Å². The summed E-state index contributed by atoms with van der Waals surface area (Å²) in [7, 11) is 0.418. The Bertz CT molecular complexity index is 414. The molecule has 130 valence electrons. The number of halogens is 6. The second-order valence-electron chi connectivity index (χ2n) is 3.67. The largest absolute Gasteiger partial charge is 0.480 e. The number of ether oxygens (including phenoxy) is 2. The van der Waals surface area contributed by atoms with Crippen molar-refractivity contribution in [3.8, 4) is 0 Å². The number of carboxylic acids is 1. The van der Waals surface area contributed by atoms with E-state index >= 15 is 0 Å². The lowest BCUT2D eigenvalue weighted by atomic mass is 10.2. The highest BCUT2D eigenvalue weighted by atomic mass is 19.4. The Kier molecular flexibility index (Phi) is 6.85. The van der Waals surface area contributed by atoms with Crippen LogP contribution in [0.3, 0.4) is 0 Å². The average Bonchev–Trinajstić information content (AvgIpc) is 2.43. The van der Waals surface area contributed by atoms with Gasteiger partial charge < -0.3 is 20.3 Å². The predicted molar refractivity (Wildman–Crippen MR) is 54.4 cm³/mol. The Labute approximate surface area is 118 Å². The number of nitrogens with two attached hydrogens (primary N) is 1. The summed E-state index contributed by atoms with van der Waals surface area (Å²) in [6.07, 6.45) is -8.91. The minimum atomic E-state index is -5.65. The maximum atomic E-state index is 13.6. The highest BCUT2D eigenvalue weighted by Crippen LogP contribution is 2.41. The van der Waals surface area contributed by atoms with E-state index in [1.807, 2.05) is 0 Å². The van der Waals surface area contributed by atoms with E-state index in [2.05, 4.69) is 9.47 Å². The number of hydrogen-bond donors (Lipinski definition) is 2. The van der Waals surface area contributed by atoms with E-state index in [0.29, 0.717) is 7.11 Å². The van der Waals surface area contributed by atoms with Gasteiger partial charge in [-0.3, -0.25) is 4.79 Å². The molecule has 0 aliphatic heterocycles. The second kappa shape index (κ2) is 7.46. The van der Waals surface area contributed by atoms with Crippen LogP contribution >= 0.6 is 0 Å². The third-order valence-electron chi connectivity index (χ3n) is 2.22. The van der Waals surface area contributed by atoms with Crippen molar-refractivity contribution in [2.45, 2.75) is 24.5 Å². The third-order valence-corrected chi connectivity index (χ3v) is 2.22. The lowest BCUT2D eigenvalue weighted by Crippen LogP contribution is -2.63. The van der Waals surface area contributed by atoms with Crippen molar-refractivity contribution in [1.29, 1.82) is 0 Å². The van der Waals surface area contributed by atoms with Crippen LogP contribution in [-0.2, 0) is 14.3 Å². The molecule has 0 fully saturated rings. The van der Waals surface area contributed by atoms with E-state index < -0.39 is 53.6 Å². The smallest absolute Gasteiger partial charge is 0.442 e. The van der Waals surface area contributed by atoms with Gasteiger partial charge in [0.1, 0.15) is 6.04 Å². The maximum Gasteiger partial charge on any atom is 0.442 e. The minimum absolute atomic E-state index is 0.418. The van der Waals surface area contributed by atoms with Crippen molar-refractivity contribution < 1.29 is 50.8 Å². The zero-order valence-electron chi connectivity index (χ0n) is 10.8. The highest BCUT2D eigenvalue weighted by Gasteiger charge is 2.70. The monoisotopic (exact) mass is 343 g/mol. The van der Waals surface area contributed by atoms with Gasteiger partial charge in [0.05, 0.1) is 19.1 Å². The zero-order chi connectivity index (χ0) is 17.7. The molecule has 3 N–H and O–H groups in total. The third kappa shape index (κ3) is 4.11. The summed E-state index contributed by atoms with van der Waals surface area (Å²) in [5.74, 6) is -7.27. The molecule has 0 saturated heterocycles. The van der Waals surface area contributed by atoms with Crippen LogP contribution < -0.4 is 5.73 Å². The molecule has 0 spiro atoms. The van der Waals surface area contributed by atoms with Crippen LogP contribution in [-0.4, -0.2) is 59.4 Å². The average molecular weight is 343 g/mol. The lowest BCUT2D eigenvalue weighted by Gasteiger charge is -2.34. The number of rotatable bonds is 8. The van der Waals surface area contributed by atoms with E-state index in [9.17, 15) is 36.2 Å². The first-order valence-electron chi connectivity index (χ1n) is 5.26. The Morgan fingerprint density at radius 2 is 1.77 bits per heavy atom. The van der Waals surface area contributed by atoms with Crippen LogP contribution in [0, 0.1) is 0 Å². The molecule has 0 aromatic rings. The van der Waals surface area contributed by atoms with E-state index in [0.717, 1.165) is 0 Å². The number of hydrogen-bond acceptors (Lipinski definition) is 6. The van der Waals surface area contributed by atoms with Crippen LogP contribution in [0.5, 0.6) is 0 Å². The summed E-state index contributed by atoms with van der Waals surface area (Å²) < 4.78 is 84.9. The van der Waals surface area contributed by atoms with Crippen molar-refractivity contribution >= 4 is 12.1 Å². The van der Waals surface area contributed by atoms with E-state index in [4.69, 9.17) is 10.8 Å². The molecule has 14 heteroatoms. The number of alkyl halides is 3. The SMILES string of the molecule is COC(=O)N(F)C(F)(N(F)F)C(F)(F)OCCC(N)C(=O)O. The van der Waals surface area contributed by atoms with Crippen molar-refractivity contribution in [3.05, 3.63) is 0 Å². The van der Waals surface area contributed by atoms with Crippen molar-refractivity contribution in [2.75, 3.05) is 13.7 Å². The molecule has 0 aromatic carbocycles. The number of aliphatic carboxylic acids is 1. The quantitative estimate of drug-likeness (QED) is 0.294. The number of carbonyl (C=O) groups is 2. The van der Waals surface area contributed by atoms with Gasteiger partial charge in [0.2, 0.25) is 0 Å². The Morgan fingerprint density at radius 1 is 1.27 bits per heavy atom. The first kappa shape index (κ1) is 20.2. The van der Waals surface area contributed by atoms with E-state index in [1.54, 1.807) is 0 Å². The summed E-state index contributed by atoms with van der Waals surface area (Å²) >= 11 is 0. The molecule has 0 radical (unpaired) electrons. The Hall–Kier alpha value is -1.80. The van der Waals surface area contributed by atoms with Gasteiger partial charge in [-0.15, -0.1) is 0 Å². The molecule has 0 aliphatic rings. The molecule has 0 heterocycles. The van der Waals surface area contributed by atoms with Gasteiger partial charge >= 0.3 is 24.1 Å². The molecular weight excluding hydrogens is 332 g/mol. The van der Waals surface area contributed by atoms with Gasteiger partial charge in [0.25, 0.3) is 0 Å². The van der Waals surface area contributed by atoms with Crippen LogP contribution in [0.4, 0.5) is 31.4 Å². The summed E-state index contributed by atoms with van der Waals surface area (Å²) in [6, 6.07) is -1.71. The van der Waals surface area contributed by atoms with Crippen molar-refractivity contribution in [3.63, 3.8) is 0 Å². The van der Waals surface area contributed by atoms with Gasteiger partial charge in [-0.25, -0.2) is 4.79 Å². The fourth-order valence-electron chi connectivity index (χ4n) is 1.01. The molecule has 1 amide bonds. The molecule has 0 bridgehead atoms. The number of carboxylic acid groups (broad SMARTS) is 1. The van der Waals surface area contributed by atoms with Gasteiger partial charge in [0, 0.05) is 0 Å². The fourth-order valence-corrected chi connectivity index (χ4v) is 1.01. The topological polar surface area (TPSA) is 105 Å². The highest BCUT2D eigenvalue weighted by molar-refractivity contribution is 5.72. The molecular formula is C8H11F6N3O5. The minimum Gasteiger partial charge on any atom is -0.480 e. The first-order chi connectivity index (χ1) is 9.91.